The molecule has 92 valence electrons. The molecule has 0 aromatic carbocycles. The maximum Gasteiger partial charge on any atom is 0.163 e. The van der Waals surface area contributed by atoms with Gasteiger partial charge in [0.1, 0.15) is 17.6 Å². The van der Waals surface area contributed by atoms with Crippen LogP contribution in [0.15, 0.2) is 23.1 Å². The zero-order valence-corrected chi connectivity index (χ0v) is 8.79. The third-order valence-electron chi connectivity index (χ3n) is 2.51. The van der Waals surface area contributed by atoms with E-state index in [1.54, 1.807) is 0 Å². The van der Waals surface area contributed by atoms with Crippen LogP contribution in [0.1, 0.15) is 6.42 Å². The second-order valence-corrected chi connectivity index (χ2v) is 3.49. The van der Waals surface area contributed by atoms with Crippen LogP contribution in [0.4, 0.5) is 17.6 Å². The van der Waals surface area contributed by atoms with Gasteiger partial charge in [-0.15, -0.1) is 0 Å². The second kappa shape index (κ2) is 5.33. The Balaban J connectivity index is 3.32. The van der Waals surface area contributed by atoms with Crippen LogP contribution in [0.3, 0.4) is 0 Å². The first-order chi connectivity index (χ1) is 8.49. The highest BCUT2D eigenvalue weighted by Crippen LogP contribution is 2.42. The average molecular weight is 255 g/mol. The molecule has 0 saturated heterocycles. The van der Waals surface area contributed by atoms with E-state index < -0.39 is 47.5 Å². The van der Waals surface area contributed by atoms with Gasteiger partial charge in [-0.1, -0.05) is 0 Å². The van der Waals surface area contributed by atoms with Crippen LogP contribution in [0.25, 0.3) is 0 Å². The van der Waals surface area contributed by atoms with Gasteiger partial charge in [0.05, 0.1) is 30.5 Å². The highest BCUT2D eigenvalue weighted by Gasteiger charge is 2.44. The lowest BCUT2D eigenvalue weighted by atomic mass is 9.82. The van der Waals surface area contributed by atoms with Gasteiger partial charge >= 0.3 is 0 Å². The van der Waals surface area contributed by atoms with Crippen LogP contribution in [0, 0.1) is 45.8 Å². The predicted molar refractivity (Wildman–Crippen MR) is 50.7 cm³/mol. The molecule has 0 spiro atoms. The summed E-state index contributed by atoms with van der Waals surface area (Å²) >= 11 is 0. The normalized spacial score (nSPS) is 23.7. The minimum absolute atomic E-state index is 0.831. The SMILES string of the molecule is N#CCC1=C(F)C(F)C(C(C#N)C#N)C(F)=C1F. The van der Waals surface area contributed by atoms with Crippen molar-refractivity contribution in [1.82, 2.24) is 0 Å². The lowest BCUT2D eigenvalue weighted by Crippen LogP contribution is -2.29. The van der Waals surface area contributed by atoms with E-state index in [1.807, 2.05) is 0 Å². The van der Waals surface area contributed by atoms with E-state index >= 15 is 0 Å². The maximum absolute atomic E-state index is 13.6. The predicted octanol–water partition coefficient (Wildman–Crippen LogP) is 2.91. The Bertz CT molecular complexity index is 530. The molecule has 2 atom stereocenters. The van der Waals surface area contributed by atoms with E-state index in [-0.39, 0.29) is 0 Å². The fourth-order valence-corrected chi connectivity index (χ4v) is 1.59. The number of alkyl halides is 1. The van der Waals surface area contributed by atoms with Crippen molar-refractivity contribution in [3.05, 3.63) is 23.1 Å². The molecule has 7 heteroatoms. The van der Waals surface area contributed by atoms with Crippen molar-refractivity contribution < 1.29 is 17.6 Å². The number of nitrogens with zero attached hydrogens (tertiary/aromatic N) is 3. The minimum atomic E-state index is -2.64. The Kier molecular flexibility index (Phi) is 4.07. The summed E-state index contributed by atoms with van der Waals surface area (Å²) in [5.41, 5.74) is -1.01. The summed E-state index contributed by atoms with van der Waals surface area (Å²) < 4.78 is 53.9. The molecule has 2 unspecified atom stereocenters. The van der Waals surface area contributed by atoms with Gasteiger partial charge in [0.15, 0.2) is 12.0 Å². The molecule has 1 aliphatic carbocycles. The van der Waals surface area contributed by atoms with Crippen LogP contribution in [-0.2, 0) is 0 Å². The highest BCUT2D eigenvalue weighted by molar-refractivity contribution is 5.41. The summed E-state index contributed by atoms with van der Waals surface area (Å²) in [7, 11) is 0. The van der Waals surface area contributed by atoms with Crippen molar-refractivity contribution in [2.75, 3.05) is 0 Å². The molecule has 0 aliphatic heterocycles. The van der Waals surface area contributed by atoms with Gasteiger partial charge in [-0.05, 0) is 0 Å². The van der Waals surface area contributed by atoms with Crippen LogP contribution in [0.2, 0.25) is 0 Å². The van der Waals surface area contributed by atoms with Gasteiger partial charge in [0.2, 0.25) is 0 Å². The first kappa shape index (κ1) is 13.7. The molecule has 1 rings (SSSR count). The first-order valence-electron chi connectivity index (χ1n) is 4.73. The largest absolute Gasteiger partial charge is 0.239 e. The van der Waals surface area contributed by atoms with E-state index in [2.05, 4.69) is 0 Å². The summed E-state index contributed by atoms with van der Waals surface area (Å²) in [6.45, 7) is 0. The fourth-order valence-electron chi connectivity index (χ4n) is 1.59. The lowest BCUT2D eigenvalue weighted by molar-refractivity contribution is 0.198. The van der Waals surface area contributed by atoms with Gasteiger partial charge in [-0.2, -0.15) is 15.8 Å². The Morgan fingerprint density at radius 2 is 1.61 bits per heavy atom. The van der Waals surface area contributed by atoms with Crippen molar-refractivity contribution in [2.45, 2.75) is 12.6 Å². The molecular weight excluding hydrogens is 250 g/mol. The van der Waals surface area contributed by atoms with E-state index in [9.17, 15) is 17.6 Å². The molecule has 0 heterocycles. The Hall–Kier alpha value is -2.33. The van der Waals surface area contributed by atoms with Gasteiger partial charge in [-0.3, -0.25) is 0 Å². The summed E-state index contributed by atoms with van der Waals surface area (Å²) in [4.78, 5) is 0. The number of halogens is 4. The molecule has 0 bridgehead atoms. The quantitative estimate of drug-likeness (QED) is 0.712. The summed E-state index contributed by atoms with van der Waals surface area (Å²) in [6, 6.07) is 3.92. The summed E-state index contributed by atoms with van der Waals surface area (Å²) in [6.07, 6.45) is -3.47. The van der Waals surface area contributed by atoms with Crippen LogP contribution in [0.5, 0.6) is 0 Å². The molecule has 0 saturated carbocycles. The summed E-state index contributed by atoms with van der Waals surface area (Å²) in [5.74, 6) is -9.04. The number of hydrogen-bond donors (Lipinski definition) is 0. The van der Waals surface area contributed by atoms with Crippen molar-refractivity contribution >= 4 is 0 Å². The number of rotatable bonds is 2. The molecule has 1 aliphatic rings. The molecule has 0 aromatic rings. The fraction of sp³-hybridized carbons (Fsp3) is 0.364. The lowest BCUT2D eigenvalue weighted by Gasteiger charge is -2.24. The topological polar surface area (TPSA) is 71.4 Å². The van der Waals surface area contributed by atoms with Gasteiger partial charge < -0.3 is 0 Å². The highest BCUT2D eigenvalue weighted by atomic mass is 19.2. The molecule has 0 aromatic heterocycles. The van der Waals surface area contributed by atoms with Gasteiger partial charge in [0, 0.05) is 5.57 Å². The zero-order valence-electron chi connectivity index (χ0n) is 8.79. The smallest absolute Gasteiger partial charge is 0.163 e. The average Bonchev–Trinajstić information content (AvgIpc) is 2.37. The second-order valence-electron chi connectivity index (χ2n) is 3.49. The van der Waals surface area contributed by atoms with Crippen LogP contribution >= 0.6 is 0 Å². The number of allylic oxidation sites excluding steroid dienone is 4. The van der Waals surface area contributed by atoms with Gasteiger partial charge in [0.25, 0.3) is 0 Å². The third-order valence-corrected chi connectivity index (χ3v) is 2.51. The minimum Gasteiger partial charge on any atom is -0.239 e. The Labute approximate surface area is 99.8 Å². The number of nitriles is 3. The van der Waals surface area contributed by atoms with E-state index in [1.165, 1.54) is 18.2 Å². The molecule has 0 radical (unpaired) electrons. The molecule has 0 amide bonds. The van der Waals surface area contributed by atoms with Crippen molar-refractivity contribution in [2.24, 2.45) is 11.8 Å². The van der Waals surface area contributed by atoms with Crippen LogP contribution in [-0.4, -0.2) is 6.17 Å². The molecular formula is C11H5F4N3. The standard InChI is InChI=1S/C11H5F4N3/c12-8-6(1-2-16)9(13)11(15)7(10(8)14)5(3-17)4-18/h5,7,10H,1H2. The first-order valence-corrected chi connectivity index (χ1v) is 4.73. The summed E-state index contributed by atoms with van der Waals surface area (Å²) in [5, 5.41) is 25.3. The molecule has 0 N–H and O–H groups in total. The van der Waals surface area contributed by atoms with E-state index in [4.69, 9.17) is 15.8 Å². The Morgan fingerprint density at radius 1 is 1.06 bits per heavy atom. The van der Waals surface area contributed by atoms with E-state index in [0.29, 0.717) is 0 Å². The van der Waals surface area contributed by atoms with Gasteiger partial charge in [-0.25, -0.2) is 17.6 Å². The Morgan fingerprint density at radius 3 is 2.06 bits per heavy atom. The third kappa shape index (κ3) is 2.06. The zero-order chi connectivity index (χ0) is 13.9. The molecule has 3 nitrogen and oxygen atoms in total. The van der Waals surface area contributed by atoms with Crippen molar-refractivity contribution in [1.29, 1.82) is 15.8 Å². The molecule has 0 fully saturated rings. The van der Waals surface area contributed by atoms with Crippen molar-refractivity contribution in [3.63, 3.8) is 0 Å². The van der Waals surface area contributed by atoms with Crippen LogP contribution < -0.4 is 0 Å². The monoisotopic (exact) mass is 255 g/mol. The maximum atomic E-state index is 13.6. The number of hydrogen-bond acceptors (Lipinski definition) is 3. The molecule has 18 heavy (non-hydrogen) atoms. The van der Waals surface area contributed by atoms with Crippen molar-refractivity contribution in [3.8, 4) is 18.2 Å². The van der Waals surface area contributed by atoms with E-state index in [0.717, 1.165) is 0 Å².